The lowest BCUT2D eigenvalue weighted by atomic mass is 10.0. The third-order valence-corrected chi connectivity index (χ3v) is 3.70. The molecule has 1 aliphatic rings. The first-order valence-electron chi connectivity index (χ1n) is 7.41. The average Bonchev–Trinajstić information content (AvgIpc) is 2.39. The molecule has 0 radical (unpaired) electrons. The number of amides is 1. The van der Waals surface area contributed by atoms with Crippen LogP contribution >= 0.6 is 0 Å². The fourth-order valence-corrected chi connectivity index (χ4v) is 2.46. The first kappa shape index (κ1) is 15.4. The summed E-state index contributed by atoms with van der Waals surface area (Å²) in [5, 5.41) is 6.44. The molecule has 1 fully saturated rings. The third kappa shape index (κ3) is 5.36. The molecule has 0 aromatic carbocycles. The van der Waals surface area contributed by atoms with Crippen molar-refractivity contribution < 1.29 is 4.79 Å². The standard InChI is InChI=1S/C14H29N3O/c1-4-10-17(13-6-8-15-9-7-13)11-14(18)16-12(3)5-2/h12-13,15H,4-11H2,1-3H3,(H,16,18). The molecule has 0 spiro atoms. The zero-order valence-electron chi connectivity index (χ0n) is 12.2. The van der Waals surface area contributed by atoms with Crippen LogP contribution in [-0.4, -0.2) is 49.1 Å². The van der Waals surface area contributed by atoms with Crippen molar-refractivity contribution in [3.8, 4) is 0 Å². The highest BCUT2D eigenvalue weighted by molar-refractivity contribution is 5.78. The number of nitrogens with one attached hydrogen (secondary N) is 2. The van der Waals surface area contributed by atoms with Crippen LogP contribution in [0, 0.1) is 0 Å². The second-order valence-corrected chi connectivity index (χ2v) is 5.33. The summed E-state index contributed by atoms with van der Waals surface area (Å²) < 4.78 is 0. The number of nitrogens with zero attached hydrogens (tertiary/aromatic N) is 1. The van der Waals surface area contributed by atoms with Crippen molar-refractivity contribution >= 4 is 5.91 Å². The van der Waals surface area contributed by atoms with Gasteiger partial charge in [-0.3, -0.25) is 9.69 Å². The third-order valence-electron chi connectivity index (χ3n) is 3.70. The Morgan fingerprint density at radius 1 is 1.39 bits per heavy atom. The predicted octanol–water partition coefficient (Wildman–Crippen LogP) is 1.37. The Kier molecular flexibility index (Phi) is 7.28. The molecule has 2 N–H and O–H groups in total. The molecular weight excluding hydrogens is 226 g/mol. The first-order valence-corrected chi connectivity index (χ1v) is 7.41. The lowest BCUT2D eigenvalue weighted by Gasteiger charge is -2.34. The minimum absolute atomic E-state index is 0.177. The molecule has 106 valence electrons. The van der Waals surface area contributed by atoms with Gasteiger partial charge in [-0.25, -0.2) is 0 Å². The Bertz CT molecular complexity index is 239. The minimum atomic E-state index is 0.177. The van der Waals surface area contributed by atoms with Crippen LogP contribution in [0.3, 0.4) is 0 Å². The second kappa shape index (κ2) is 8.48. The Balaban J connectivity index is 2.43. The van der Waals surface area contributed by atoms with E-state index in [1.165, 1.54) is 0 Å². The summed E-state index contributed by atoms with van der Waals surface area (Å²) in [7, 11) is 0. The Hall–Kier alpha value is -0.610. The number of carbonyl (C=O) groups excluding carboxylic acids is 1. The summed E-state index contributed by atoms with van der Waals surface area (Å²) in [6, 6.07) is 0.864. The molecule has 0 bridgehead atoms. The Morgan fingerprint density at radius 3 is 2.61 bits per heavy atom. The maximum absolute atomic E-state index is 12.0. The maximum Gasteiger partial charge on any atom is 0.234 e. The number of hydrogen-bond donors (Lipinski definition) is 2. The molecule has 4 heteroatoms. The molecule has 1 heterocycles. The van der Waals surface area contributed by atoms with E-state index in [9.17, 15) is 4.79 Å². The molecule has 0 saturated carbocycles. The van der Waals surface area contributed by atoms with Crippen molar-refractivity contribution in [2.24, 2.45) is 0 Å². The van der Waals surface area contributed by atoms with E-state index in [2.05, 4.69) is 36.3 Å². The summed E-state index contributed by atoms with van der Waals surface area (Å²) in [6.45, 7) is 10.1. The highest BCUT2D eigenvalue weighted by Gasteiger charge is 2.22. The van der Waals surface area contributed by atoms with Crippen LogP contribution in [0.25, 0.3) is 0 Å². The Labute approximate surface area is 111 Å². The van der Waals surface area contributed by atoms with Crippen LogP contribution in [0.2, 0.25) is 0 Å². The second-order valence-electron chi connectivity index (χ2n) is 5.33. The van der Waals surface area contributed by atoms with Crippen LogP contribution in [0.4, 0.5) is 0 Å². The lowest BCUT2D eigenvalue weighted by Crippen LogP contribution is -2.48. The summed E-state index contributed by atoms with van der Waals surface area (Å²) in [6.07, 6.45) is 4.43. The predicted molar refractivity (Wildman–Crippen MR) is 75.7 cm³/mol. The van der Waals surface area contributed by atoms with Crippen molar-refractivity contribution in [1.82, 2.24) is 15.5 Å². The number of rotatable bonds is 7. The van der Waals surface area contributed by atoms with Crippen LogP contribution in [-0.2, 0) is 4.79 Å². The molecule has 1 amide bonds. The van der Waals surface area contributed by atoms with E-state index in [4.69, 9.17) is 0 Å². The normalized spacial score (nSPS) is 18.9. The lowest BCUT2D eigenvalue weighted by molar-refractivity contribution is -0.123. The zero-order chi connectivity index (χ0) is 13.4. The van der Waals surface area contributed by atoms with Crippen LogP contribution in [0.1, 0.15) is 46.5 Å². The molecule has 1 aliphatic heterocycles. The molecule has 0 aliphatic carbocycles. The quantitative estimate of drug-likeness (QED) is 0.722. The van der Waals surface area contributed by atoms with E-state index in [-0.39, 0.29) is 11.9 Å². The number of piperidine rings is 1. The SMILES string of the molecule is CCCN(CC(=O)NC(C)CC)C1CCNCC1. The summed E-state index contributed by atoms with van der Waals surface area (Å²) >= 11 is 0. The largest absolute Gasteiger partial charge is 0.353 e. The van der Waals surface area contributed by atoms with Crippen molar-refractivity contribution in [3.63, 3.8) is 0 Å². The molecule has 1 rings (SSSR count). The molecular formula is C14H29N3O. The fraction of sp³-hybridized carbons (Fsp3) is 0.929. The van der Waals surface area contributed by atoms with E-state index in [0.29, 0.717) is 12.6 Å². The first-order chi connectivity index (χ1) is 8.67. The van der Waals surface area contributed by atoms with Gasteiger partial charge in [0.05, 0.1) is 6.54 Å². The molecule has 1 saturated heterocycles. The van der Waals surface area contributed by atoms with Crippen molar-refractivity contribution in [1.29, 1.82) is 0 Å². The molecule has 4 nitrogen and oxygen atoms in total. The summed E-state index contributed by atoms with van der Waals surface area (Å²) in [5.41, 5.74) is 0. The van der Waals surface area contributed by atoms with Gasteiger partial charge in [0.2, 0.25) is 5.91 Å². The van der Waals surface area contributed by atoms with Gasteiger partial charge in [0.25, 0.3) is 0 Å². The van der Waals surface area contributed by atoms with Crippen LogP contribution in [0.15, 0.2) is 0 Å². The molecule has 1 unspecified atom stereocenters. The molecule has 18 heavy (non-hydrogen) atoms. The number of carbonyl (C=O) groups is 1. The smallest absolute Gasteiger partial charge is 0.234 e. The monoisotopic (exact) mass is 255 g/mol. The summed E-state index contributed by atoms with van der Waals surface area (Å²) in [5.74, 6) is 0.177. The van der Waals surface area contributed by atoms with E-state index < -0.39 is 0 Å². The topological polar surface area (TPSA) is 44.4 Å². The van der Waals surface area contributed by atoms with Gasteiger partial charge in [-0.2, -0.15) is 0 Å². The minimum Gasteiger partial charge on any atom is -0.353 e. The van der Waals surface area contributed by atoms with Gasteiger partial charge >= 0.3 is 0 Å². The van der Waals surface area contributed by atoms with Gasteiger partial charge < -0.3 is 10.6 Å². The van der Waals surface area contributed by atoms with Gasteiger partial charge in [0.1, 0.15) is 0 Å². The summed E-state index contributed by atoms with van der Waals surface area (Å²) in [4.78, 5) is 14.3. The van der Waals surface area contributed by atoms with Gasteiger partial charge in [-0.1, -0.05) is 13.8 Å². The van der Waals surface area contributed by atoms with Crippen LogP contribution in [0.5, 0.6) is 0 Å². The van der Waals surface area contributed by atoms with E-state index in [1.54, 1.807) is 0 Å². The van der Waals surface area contributed by atoms with Crippen molar-refractivity contribution in [2.75, 3.05) is 26.2 Å². The van der Waals surface area contributed by atoms with Gasteiger partial charge in [0, 0.05) is 12.1 Å². The maximum atomic E-state index is 12.0. The van der Waals surface area contributed by atoms with E-state index in [1.807, 2.05) is 0 Å². The van der Waals surface area contributed by atoms with E-state index >= 15 is 0 Å². The molecule has 0 aromatic heterocycles. The highest BCUT2D eigenvalue weighted by atomic mass is 16.2. The highest BCUT2D eigenvalue weighted by Crippen LogP contribution is 2.12. The van der Waals surface area contributed by atoms with Gasteiger partial charge in [-0.15, -0.1) is 0 Å². The molecule has 1 atom stereocenters. The Morgan fingerprint density at radius 2 is 2.06 bits per heavy atom. The zero-order valence-corrected chi connectivity index (χ0v) is 12.2. The number of hydrogen-bond acceptors (Lipinski definition) is 3. The van der Waals surface area contributed by atoms with Gasteiger partial charge in [0.15, 0.2) is 0 Å². The average molecular weight is 255 g/mol. The van der Waals surface area contributed by atoms with Gasteiger partial charge in [-0.05, 0) is 52.2 Å². The van der Waals surface area contributed by atoms with Crippen molar-refractivity contribution in [3.05, 3.63) is 0 Å². The van der Waals surface area contributed by atoms with Crippen molar-refractivity contribution in [2.45, 2.75) is 58.5 Å². The van der Waals surface area contributed by atoms with Crippen LogP contribution < -0.4 is 10.6 Å². The van der Waals surface area contributed by atoms with E-state index in [0.717, 1.165) is 45.3 Å². The molecule has 0 aromatic rings. The fourth-order valence-electron chi connectivity index (χ4n) is 2.46.